The van der Waals surface area contributed by atoms with Gasteiger partial charge in [-0.2, -0.15) is 0 Å². The molecule has 2 unspecified atom stereocenters. The van der Waals surface area contributed by atoms with Gasteiger partial charge in [-0.15, -0.1) is 0 Å². The van der Waals surface area contributed by atoms with E-state index in [2.05, 4.69) is 10.2 Å². The molecule has 2 aliphatic heterocycles. The maximum absolute atomic E-state index is 14.0. The molecular formula is C25H22F2N2O2. The highest BCUT2D eigenvalue weighted by molar-refractivity contribution is 5.85. The first kappa shape index (κ1) is 19.5. The van der Waals surface area contributed by atoms with Crippen LogP contribution in [-0.4, -0.2) is 24.3 Å². The van der Waals surface area contributed by atoms with Gasteiger partial charge < -0.3 is 10.0 Å². The van der Waals surface area contributed by atoms with Gasteiger partial charge in [0.25, 0.3) is 0 Å². The lowest BCUT2D eigenvalue weighted by atomic mass is 9.76. The molecule has 3 aromatic carbocycles. The molecule has 5 rings (SSSR count). The fourth-order valence-electron chi connectivity index (χ4n) is 5.13. The minimum atomic E-state index is -1.14. The molecule has 0 radical (unpaired) electrons. The number of hydrogen-bond donors (Lipinski definition) is 2. The SMILES string of the molecule is O=C(O)Nc1cc2c3c(c1)C(c1cccc(F)c1)CCN3CCC2c1cccc(F)c1. The van der Waals surface area contributed by atoms with Crippen molar-refractivity contribution in [3.05, 3.63) is 94.6 Å². The minimum Gasteiger partial charge on any atom is -0.465 e. The predicted molar refractivity (Wildman–Crippen MR) is 116 cm³/mol. The van der Waals surface area contributed by atoms with E-state index in [9.17, 15) is 18.7 Å². The van der Waals surface area contributed by atoms with E-state index in [0.29, 0.717) is 5.69 Å². The van der Waals surface area contributed by atoms with Crippen LogP contribution in [0.4, 0.5) is 25.0 Å². The Bertz CT molecular complexity index is 1090. The predicted octanol–water partition coefficient (Wildman–Crippen LogP) is 5.93. The van der Waals surface area contributed by atoms with E-state index >= 15 is 0 Å². The van der Waals surface area contributed by atoms with Gasteiger partial charge in [-0.05, 0) is 71.5 Å². The number of benzene rings is 3. The molecule has 0 fully saturated rings. The molecule has 2 atom stereocenters. The van der Waals surface area contributed by atoms with E-state index in [-0.39, 0.29) is 23.5 Å². The first-order valence-corrected chi connectivity index (χ1v) is 10.4. The summed E-state index contributed by atoms with van der Waals surface area (Å²) in [5.74, 6) is -0.650. The third-order valence-corrected chi connectivity index (χ3v) is 6.36. The molecule has 0 aromatic heterocycles. The molecule has 158 valence electrons. The van der Waals surface area contributed by atoms with E-state index in [4.69, 9.17) is 0 Å². The van der Waals surface area contributed by atoms with Crippen LogP contribution in [-0.2, 0) is 0 Å². The molecule has 2 heterocycles. The normalized spacial score (nSPS) is 19.6. The van der Waals surface area contributed by atoms with Gasteiger partial charge in [0, 0.05) is 36.3 Å². The van der Waals surface area contributed by atoms with E-state index in [1.165, 1.54) is 12.1 Å². The minimum absolute atomic E-state index is 0.0393. The molecule has 0 aliphatic carbocycles. The molecule has 3 aromatic rings. The van der Waals surface area contributed by atoms with Gasteiger partial charge in [-0.25, -0.2) is 13.6 Å². The van der Waals surface area contributed by atoms with Crippen LogP contribution in [0.3, 0.4) is 0 Å². The molecule has 31 heavy (non-hydrogen) atoms. The molecule has 6 heteroatoms. The van der Waals surface area contributed by atoms with Crippen molar-refractivity contribution in [3.63, 3.8) is 0 Å². The average molecular weight is 420 g/mol. The standard InChI is InChI=1S/C25H22F2N2O2/c26-17-5-1-3-15(11-17)20-7-9-29-10-8-21(16-4-2-6-18(27)12-16)23-14-19(28-25(30)31)13-22(20)24(23)29/h1-6,11-14,20-21,28H,7-10H2,(H,30,31). The Balaban J connectivity index is 1.69. The van der Waals surface area contributed by atoms with Gasteiger partial charge >= 0.3 is 6.09 Å². The summed E-state index contributed by atoms with van der Waals surface area (Å²) in [4.78, 5) is 13.7. The summed E-state index contributed by atoms with van der Waals surface area (Å²) in [6.45, 7) is 1.67. The van der Waals surface area contributed by atoms with Crippen LogP contribution in [0.5, 0.6) is 0 Å². The number of hydrogen-bond acceptors (Lipinski definition) is 2. The van der Waals surface area contributed by atoms with E-state index in [1.54, 1.807) is 24.3 Å². The maximum atomic E-state index is 14.0. The lowest BCUT2D eigenvalue weighted by Crippen LogP contribution is -2.37. The van der Waals surface area contributed by atoms with Crippen molar-refractivity contribution in [3.8, 4) is 0 Å². The zero-order chi connectivity index (χ0) is 21.5. The molecular weight excluding hydrogens is 398 g/mol. The third-order valence-electron chi connectivity index (χ3n) is 6.36. The molecule has 2 aliphatic rings. The van der Waals surface area contributed by atoms with Crippen molar-refractivity contribution in [1.29, 1.82) is 0 Å². The summed E-state index contributed by atoms with van der Waals surface area (Å²) in [6, 6.07) is 16.9. The van der Waals surface area contributed by atoms with Gasteiger partial charge in [0.2, 0.25) is 0 Å². The third kappa shape index (κ3) is 3.63. The van der Waals surface area contributed by atoms with Crippen LogP contribution in [0.2, 0.25) is 0 Å². The zero-order valence-corrected chi connectivity index (χ0v) is 16.8. The summed E-state index contributed by atoms with van der Waals surface area (Å²) in [5.41, 5.74) is 5.27. The van der Waals surface area contributed by atoms with E-state index in [0.717, 1.165) is 53.9 Å². The van der Waals surface area contributed by atoms with Gasteiger partial charge in [-0.1, -0.05) is 24.3 Å². The Kier molecular flexibility index (Phi) is 4.85. The monoisotopic (exact) mass is 420 g/mol. The largest absolute Gasteiger partial charge is 0.465 e. The number of rotatable bonds is 3. The first-order valence-electron chi connectivity index (χ1n) is 10.4. The lowest BCUT2D eigenvalue weighted by Gasteiger charge is -2.43. The van der Waals surface area contributed by atoms with Crippen LogP contribution < -0.4 is 10.2 Å². The fourth-order valence-corrected chi connectivity index (χ4v) is 5.13. The number of halogens is 2. The highest BCUT2D eigenvalue weighted by Crippen LogP contribution is 2.49. The zero-order valence-electron chi connectivity index (χ0n) is 16.8. The molecule has 0 bridgehead atoms. The van der Waals surface area contributed by atoms with Crippen molar-refractivity contribution in [1.82, 2.24) is 0 Å². The summed E-state index contributed by atoms with van der Waals surface area (Å²) in [6.07, 6.45) is 0.494. The number of anilines is 2. The molecule has 4 nitrogen and oxygen atoms in total. The number of carboxylic acid groups (broad SMARTS) is 1. The number of amides is 1. The number of carbonyl (C=O) groups is 1. The Hall–Kier alpha value is -3.41. The van der Waals surface area contributed by atoms with Crippen LogP contribution in [0.1, 0.15) is 46.9 Å². The highest BCUT2D eigenvalue weighted by Gasteiger charge is 2.35. The summed E-state index contributed by atoms with van der Waals surface area (Å²) < 4.78 is 27.9. The van der Waals surface area contributed by atoms with Gasteiger partial charge in [-0.3, -0.25) is 5.32 Å². The second-order valence-electron chi connectivity index (χ2n) is 8.21. The number of nitrogens with zero attached hydrogens (tertiary/aromatic N) is 1. The quantitative estimate of drug-likeness (QED) is 0.552. The van der Waals surface area contributed by atoms with Crippen molar-refractivity contribution < 1.29 is 18.7 Å². The molecule has 0 spiro atoms. The molecule has 2 N–H and O–H groups in total. The Labute approximate surface area is 179 Å². The smallest absolute Gasteiger partial charge is 0.409 e. The van der Waals surface area contributed by atoms with E-state index < -0.39 is 6.09 Å². The first-order chi connectivity index (χ1) is 15.0. The second-order valence-corrected chi connectivity index (χ2v) is 8.21. The van der Waals surface area contributed by atoms with E-state index in [1.807, 2.05) is 24.3 Å². The summed E-state index contributed by atoms with van der Waals surface area (Å²) in [5, 5.41) is 11.8. The maximum Gasteiger partial charge on any atom is 0.409 e. The lowest BCUT2D eigenvalue weighted by molar-refractivity contribution is 0.209. The Morgan fingerprint density at radius 1 is 0.871 bits per heavy atom. The van der Waals surface area contributed by atoms with Crippen molar-refractivity contribution in [2.24, 2.45) is 0 Å². The summed E-state index contributed by atoms with van der Waals surface area (Å²) in [7, 11) is 0. The Morgan fingerprint density at radius 3 is 1.84 bits per heavy atom. The number of nitrogens with one attached hydrogen (secondary N) is 1. The fraction of sp³-hybridized carbons (Fsp3) is 0.240. The summed E-state index contributed by atoms with van der Waals surface area (Å²) >= 11 is 0. The average Bonchev–Trinajstić information content (AvgIpc) is 2.73. The highest BCUT2D eigenvalue weighted by atomic mass is 19.1. The van der Waals surface area contributed by atoms with Crippen molar-refractivity contribution in [2.45, 2.75) is 24.7 Å². The van der Waals surface area contributed by atoms with Crippen LogP contribution in [0, 0.1) is 11.6 Å². The second kappa shape index (κ2) is 7.69. The van der Waals surface area contributed by atoms with Crippen LogP contribution >= 0.6 is 0 Å². The van der Waals surface area contributed by atoms with Crippen molar-refractivity contribution >= 4 is 17.5 Å². The van der Waals surface area contributed by atoms with Gasteiger partial charge in [0.1, 0.15) is 11.6 Å². The van der Waals surface area contributed by atoms with Gasteiger partial charge in [0.15, 0.2) is 0 Å². The molecule has 0 saturated carbocycles. The molecule has 0 saturated heterocycles. The van der Waals surface area contributed by atoms with Gasteiger partial charge in [0.05, 0.1) is 0 Å². The van der Waals surface area contributed by atoms with Crippen molar-refractivity contribution in [2.75, 3.05) is 23.3 Å². The van der Waals surface area contributed by atoms with Crippen LogP contribution in [0.25, 0.3) is 0 Å². The topological polar surface area (TPSA) is 52.6 Å². The Morgan fingerprint density at radius 2 is 1.39 bits per heavy atom. The molecule has 1 amide bonds. The van der Waals surface area contributed by atoms with Crippen LogP contribution in [0.15, 0.2) is 60.7 Å².